The first kappa shape index (κ1) is 30.9. The number of nitrogens with one attached hydrogen (secondary N) is 1. The summed E-state index contributed by atoms with van der Waals surface area (Å²) >= 11 is 11.6. The molecular weight excluding hydrogens is 611 g/mol. The number of anilines is 2. The van der Waals surface area contributed by atoms with Crippen molar-refractivity contribution in [2.75, 3.05) is 9.74 Å². The van der Waals surface area contributed by atoms with Crippen LogP contribution < -0.4 is 9.74 Å². The molecular formula is C23H11Cl2F10N3O2. The Morgan fingerprint density at radius 1 is 0.825 bits per heavy atom. The molecule has 1 N–H and O–H groups in total. The highest BCUT2D eigenvalue weighted by molar-refractivity contribution is 6.39. The van der Waals surface area contributed by atoms with Gasteiger partial charge < -0.3 is 5.32 Å². The largest absolute Gasteiger partial charge is 0.435 e. The molecule has 0 radical (unpaired) electrons. The van der Waals surface area contributed by atoms with Crippen LogP contribution in [-0.2, 0) is 11.8 Å². The Morgan fingerprint density at radius 2 is 1.45 bits per heavy atom. The molecule has 0 saturated carbocycles. The molecule has 0 aliphatic carbocycles. The summed E-state index contributed by atoms with van der Waals surface area (Å²) in [5.41, 5.74) is -12.9. The van der Waals surface area contributed by atoms with Crippen LogP contribution in [0.25, 0.3) is 0 Å². The minimum absolute atomic E-state index is 0.00903. The second kappa shape index (κ2) is 10.8. The number of benzene rings is 2. The lowest BCUT2D eigenvalue weighted by atomic mass is 9.92. The van der Waals surface area contributed by atoms with Crippen molar-refractivity contribution >= 4 is 46.6 Å². The van der Waals surface area contributed by atoms with Crippen molar-refractivity contribution in [2.45, 2.75) is 24.2 Å². The first-order chi connectivity index (χ1) is 18.3. The van der Waals surface area contributed by atoms with Gasteiger partial charge in [0.25, 0.3) is 11.8 Å². The second-order valence-electron chi connectivity index (χ2n) is 7.85. The third kappa shape index (κ3) is 5.94. The van der Waals surface area contributed by atoms with E-state index >= 15 is 0 Å². The smallest absolute Gasteiger partial charge is 0.322 e. The van der Waals surface area contributed by atoms with Gasteiger partial charge in [-0.15, -0.1) is 0 Å². The standard InChI is InChI=1S/C23H11Cl2F10N3O2/c24-17-14(5-2-8-36-17)18(39)37-13-4-1-3-11(9-13)19(40)38(25)16-7-6-12(10-15(16)21(27,28)29)20(26,22(30,31)32)23(33,34)35/h1-10H,(H,37,39). The Kier molecular flexibility index (Phi) is 8.33. The maximum Gasteiger partial charge on any atom is 0.435 e. The highest BCUT2D eigenvalue weighted by atomic mass is 35.5. The highest BCUT2D eigenvalue weighted by Gasteiger charge is 2.73. The summed E-state index contributed by atoms with van der Waals surface area (Å²) in [6, 6.07) is 6.19. The number of rotatable bonds is 5. The number of carbonyl (C=O) groups is 2. The maximum atomic E-state index is 14.4. The summed E-state index contributed by atoms with van der Waals surface area (Å²) in [6.45, 7) is 0. The SMILES string of the molecule is O=C(Nc1cccc(C(=O)N(Cl)c2ccc(C(F)(C(F)(F)F)C(F)(F)F)cc2C(F)(F)F)c1)c1cccnc1Cl. The fourth-order valence-corrected chi connectivity index (χ4v) is 3.79. The molecule has 1 aromatic heterocycles. The Bertz CT molecular complexity index is 1430. The van der Waals surface area contributed by atoms with Gasteiger partial charge >= 0.3 is 24.2 Å². The van der Waals surface area contributed by atoms with E-state index in [1.165, 1.54) is 30.5 Å². The van der Waals surface area contributed by atoms with Gasteiger partial charge in [0.1, 0.15) is 5.15 Å². The van der Waals surface area contributed by atoms with E-state index in [2.05, 4.69) is 10.3 Å². The van der Waals surface area contributed by atoms with Gasteiger partial charge in [0.2, 0.25) is 0 Å². The highest BCUT2D eigenvalue weighted by Crippen LogP contribution is 2.54. The van der Waals surface area contributed by atoms with Gasteiger partial charge in [0.05, 0.1) is 16.8 Å². The van der Waals surface area contributed by atoms with Crippen molar-refractivity contribution in [3.63, 3.8) is 0 Å². The third-order valence-electron chi connectivity index (χ3n) is 5.24. The van der Waals surface area contributed by atoms with Crippen LogP contribution in [0.2, 0.25) is 5.15 Å². The van der Waals surface area contributed by atoms with Crippen molar-refractivity contribution in [3.8, 4) is 0 Å². The van der Waals surface area contributed by atoms with E-state index < -0.39 is 64.5 Å². The monoisotopic (exact) mass is 621 g/mol. The number of hydrogen-bond donors (Lipinski definition) is 1. The topological polar surface area (TPSA) is 62.3 Å². The summed E-state index contributed by atoms with van der Waals surface area (Å²) in [5.74, 6) is -2.22. The molecule has 214 valence electrons. The fourth-order valence-electron chi connectivity index (χ4n) is 3.34. The summed E-state index contributed by atoms with van der Waals surface area (Å²) < 4.78 is 134. The summed E-state index contributed by atoms with van der Waals surface area (Å²) in [6.07, 6.45) is -17.8. The Hall–Kier alpha value is -3.59. The fraction of sp³-hybridized carbons (Fsp3) is 0.174. The van der Waals surface area contributed by atoms with Crippen molar-refractivity contribution < 1.29 is 53.5 Å². The molecule has 0 bridgehead atoms. The summed E-state index contributed by atoms with van der Waals surface area (Å²) in [7, 11) is 0. The van der Waals surface area contributed by atoms with E-state index in [0.717, 1.165) is 12.1 Å². The first-order valence-corrected chi connectivity index (χ1v) is 11.1. The van der Waals surface area contributed by atoms with E-state index in [0.29, 0.717) is 0 Å². The zero-order chi connectivity index (χ0) is 30.3. The van der Waals surface area contributed by atoms with Crippen LogP contribution in [0.1, 0.15) is 31.8 Å². The van der Waals surface area contributed by atoms with Crippen LogP contribution >= 0.6 is 23.4 Å². The molecule has 2 aromatic carbocycles. The van der Waals surface area contributed by atoms with Crippen molar-refractivity contribution in [3.05, 3.63) is 88.2 Å². The summed E-state index contributed by atoms with van der Waals surface area (Å²) in [4.78, 5) is 28.9. The molecule has 0 saturated heterocycles. The van der Waals surface area contributed by atoms with E-state index in [1.807, 2.05) is 0 Å². The van der Waals surface area contributed by atoms with Crippen molar-refractivity contribution in [1.82, 2.24) is 4.98 Å². The van der Waals surface area contributed by atoms with Crippen LogP contribution in [-0.4, -0.2) is 29.2 Å². The van der Waals surface area contributed by atoms with Crippen LogP contribution in [0.4, 0.5) is 55.3 Å². The molecule has 0 atom stereocenters. The molecule has 0 fully saturated rings. The van der Waals surface area contributed by atoms with Gasteiger partial charge in [0.15, 0.2) is 0 Å². The summed E-state index contributed by atoms with van der Waals surface area (Å²) in [5, 5.41) is 2.18. The molecule has 40 heavy (non-hydrogen) atoms. The van der Waals surface area contributed by atoms with Crippen molar-refractivity contribution in [1.29, 1.82) is 0 Å². The van der Waals surface area contributed by atoms with E-state index in [4.69, 9.17) is 23.4 Å². The molecule has 0 spiro atoms. The lowest BCUT2D eigenvalue weighted by molar-refractivity contribution is -0.348. The second-order valence-corrected chi connectivity index (χ2v) is 8.54. The number of nitrogens with zero attached hydrogens (tertiary/aromatic N) is 2. The van der Waals surface area contributed by atoms with E-state index in [-0.39, 0.29) is 33.0 Å². The van der Waals surface area contributed by atoms with E-state index in [9.17, 15) is 53.5 Å². The zero-order valence-corrected chi connectivity index (χ0v) is 20.5. The Morgan fingerprint density at radius 3 is 2.00 bits per heavy atom. The van der Waals surface area contributed by atoms with Crippen LogP contribution in [0.3, 0.4) is 0 Å². The van der Waals surface area contributed by atoms with Gasteiger partial charge in [-0.2, -0.15) is 39.5 Å². The predicted molar refractivity (Wildman–Crippen MR) is 123 cm³/mol. The van der Waals surface area contributed by atoms with Gasteiger partial charge in [-0.25, -0.2) is 13.8 Å². The normalized spacial score (nSPS) is 12.7. The minimum atomic E-state index is -6.68. The van der Waals surface area contributed by atoms with Gasteiger partial charge in [-0.1, -0.05) is 23.7 Å². The Labute approximate surface area is 227 Å². The van der Waals surface area contributed by atoms with Crippen LogP contribution in [0.15, 0.2) is 60.8 Å². The first-order valence-electron chi connectivity index (χ1n) is 10.3. The minimum Gasteiger partial charge on any atom is -0.322 e. The lowest BCUT2D eigenvalue weighted by Gasteiger charge is -2.31. The molecule has 1 heterocycles. The van der Waals surface area contributed by atoms with E-state index in [1.54, 1.807) is 0 Å². The van der Waals surface area contributed by atoms with Crippen LogP contribution in [0, 0.1) is 0 Å². The third-order valence-corrected chi connectivity index (χ3v) is 5.88. The van der Waals surface area contributed by atoms with Gasteiger partial charge in [0, 0.05) is 34.8 Å². The molecule has 17 heteroatoms. The molecule has 2 amide bonds. The molecule has 3 aromatic rings. The maximum absolute atomic E-state index is 14.4. The average molecular weight is 622 g/mol. The number of hydrogen-bond acceptors (Lipinski definition) is 3. The Balaban J connectivity index is 2.00. The number of amides is 2. The molecule has 0 unspecified atom stereocenters. The van der Waals surface area contributed by atoms with Crippen molar-refractivity contribution in [2.24, 2.45) is 0 Å². The van der Waals surface area contributed by atoms with Gasteiger partial charge in [-0.3, -0.25) is 9.59 Å². The number of alkyl halides is 10. The number of halogens is 12. The lowest BCUT2D eigenvalue weighted by Crippen LogP contribution is -2.50. The van der Waals surface area contributed by atoms with Crippen LogP contribution in [0.5, 0.6) is 0 Å². The predicted octanol–water partition coefficient (Wildman–Crippen LogP) is 8.10. The van der Waals surface area contributed by atoms with Gasteiger partial charge in [-0.05, 0) is 42.5 Å². The quantitative estimate of drug-likeness (QED) is 0.178. The average Bonchev–Trinajstić information content (AvgIpc) is 2.85. The molecule has 0 aliphatic heterocycles. The molecule has 5 nitrogen and oxygen atoms in total. The molecule has 3 rings (SSSR count). The molecule has 0 aliphatic rings. The number of aromatic nitrogens is 1. The zero-order valence-electron chi connectivity index (χ0n) is 19.0. The number of carbonyl (C=O) groups excluding carboxylic acids is 2. The number of pyridine rings is 1.